The molecule has 238 valence electrons. The van der Waals surface area contributed by atoms with E-state index in [4.69, 9.17) is 10.2 Å². The molecule has 0 aromatic rings. The Labute approximate surface area is 251 Å². The molecule has 6 amide bonds. The van der Waals surface area contributed by atoms with E-state index in [2.05, 4.69) is 10.6 Å². The Morgan fingerprint density at radius 2 is 1.14 bits per heavy atom. The Morgan fingerprint density at radius 1 is 0.659 bits per heavy atom. The van der Waals surface area contributed by atoms with Crippen molar-refractivity contribution in [1.29, 1.82) is 0 Å². The van der Waals surface area contributed by atoms with E-state index >= 15 is 0 Å². The van der Waals surface area contributed by atoms with Gasteiger partial charge in [-0.2, -0.15) is 0 Å². The first-order chi connectivity index (χ1) is 20.8. The summed E-state index contributed by atoms with van der Waals surface area (Å²) in [6, 6.07) is -1.59. The second-order valence-corrected chi connectivity index (χ2v) is 10.1. The largest absolute Gasteiger partial charge is 0.481 e. The SMILES string of the molecule is O=C(O)CCCCC(=O)[C@@H](NC(=O)CCN1C(=O)C=CC1=O)[C@@H](CC(=O)CCN1C(=O)C=CC1=O)C(=O)NCCCC(=O)O. The summed E-state index contributed by atoms with van der Waals surface area (Å²) < 4.78 is 0. The van der Waals surface area contributed by atoms with Gasteiger partial charge in [-0.15, -0.1) is 0 Å². The first-order valence-corrected chi connectivity index (χ1v) is 13.9. The Kier molecular flexibility index (Phi) is 13.7. The minimum atomic E-state index is -1.59. The molecule has 16 nitrogen and oxygen atoms in total. The zero-order valence-electron chi connectivity index (χ0n) is 23.8. The van der Waals surface area contributed by atoms with Crippen LogP contribution in [0, 0.1) is 5.92 Å². The number of carbonyl (C=O) groups excluding carboxylic acids is 8. The minimum absolute atomic E-state index is 0.0278. The summed E-state index contributed by atoms with van der Waals surface area (Å²) in [6.07, 6.45) is 2.19. The third-order valence-electron chi connectivity index (χ3n) is 6.76. The number of Topliss-reactive ketones (excluding diaryl/α,β-unsaturated/α-hetero) is 2. The monoisotopic (exact) mass is 618 g/mol. The van der Waals surface area contributed by atoms with E-state index in [1.54, 1.807) is 0 Å². The lowest BCUT2D eigenvalue weighted by atomic mass is 9.87. The highest BCUT2D eigenvalue weighted by atomic mass is 16.4. The van der Waals surface area contributed by atoms with Crippen LogP contribution in [0.1, 0.15) is 57.8 Å². The molecule has 2 aliphatic heterocycles. The fourth-order valence-electron chi connectivity index (χ4n) is 4.43. The molecule has 0 saturated carbocycles. The van der Waals surface area contributed by atoms with Crippen molar-refractivity contribution in [3.05, 3.63) is 24.3 Å². The summed E-state index contributed by atoms with van der Waals surface area (Å²) in [6.45, 7) is -0.743. The Morgan fingerprint density at radius 3 is 1.66 bits per heavy atom. The number of nitrogens with one attached hydrogen (secondary N) is 2. The fraction of sp³-hybridized carbons (Fsp3) is 0.500. The maximum absolute atomic E-state index is 13.3. The second-order valence-electron chi connectivity index (χ2n) is 10.1. The van der Waals surface area contributed by atoms with Gasteiger partial charge in [-0.25, -0.2) is 0 Å². The number of carboxylic acid groups (broad SMARTS) is 2. The molecule has 0 aromatic heterocycles. The molecule has 0 spiro atoms. The van der Waals surface area contributed by atoms with Gasteiger partial charge in [0.05, 0.1) is 12.0 Å². The second kappa shape index (κ2) is 17.2. The molecule has 0 aromatic carbocycles. The van der Waals surface area contributed by atoms with Gasteiger partial charge in [0, 0.05) is 82.5 Å². The number of imide groups is 2. The van der Waals surface area contributed by atoms with Crippen LogP contribution in [0.5, 0.6) is 0 Å². The summed E-state index contributed by atoms with van der Waals surface area (Å²) in [5, 5.41) is 22.6. The molecule has 0 unspecified atom stereocenters. The van der Waals surface area contributed by atoms with E-state index in [1.165, 1.54) is 0 Å². The van der Waals surface area contributed by atoms with E-state index in [0.717, 1.165) is 34.1 Å². The molecule has 44 heavy (non-hydrogen) atoms. The van der Waals surface area contributed by atoms with Crippen molar-refractivity contribution < 1.29 is 58.2 Å². The van der Waals surface area contributed by atoms with Crippen molar-refractivity contribution >= 4 is 58.9 Å². The van der Waals surface area contributed by atoms with Gasteiger partial charge in [0.2, 0.25) is 11.8 Å². The van der Waals surface area contributed by atoms with Gasteiger partial charge in [-0.3, -0.25) is 57.7 Å². The summed E-state index contributed by atoms with van der Waals surface area (Å²) in [5.41, 5.74) is 0. The lowest BCUT2D eigenvalue weighted by Gasteiger charge is -2.27. The zero-order chi connectivity index (χ0) is 32.8. The van der Waals surface area contributed by atoms with Gasteiger partial charge in [0.1, 0.15) is 5.78 Å². The van der Waals surface area contributed by atoms with Crippen LogP contribution in [0.4, 0.5) is 0 Å². The molecule has 0 saturated heterocycles. The summed E-state index contributed by atoms with van der Waals surface area (Å²) in [7, 11) is 0. The molecule has 0 aliphatic carbocycles. The van der Waals surface area contributed by atoms with E-state index in [9.17, 15) is 47.9 Å². The van der Waals surface area contributed by atoms with Crippen LogP contribution in [0.3, 0.4) is 0 Å². The number of carboxylic acids is 2. The van der Waals surface area contributed by atoms with Crippen LogP contribution in [0.2, 0.25) is 0 Å². The third-order valence-corrected chi connectivity index (χ3v) is 6.76. The van der Waals surface area contributed by atoms with Gasteiger partial charge < -0.3 is 20.8 Å². The van der Waals surface area contributed by atoms with Gasteiger partial charge in [-0.1, -0.05) is 0 Å². The first-order valence-electron chi connectivity index (χ1n) is 13.9. The normalized spacial score (nSPS) is 15.5. The summed E-state index contributed by atoms with van der Waals surface area (Å²) >= 11 is 0. The molecule has 0 bridgehead atoms. The molecule has 0 fully saturated rings. The van der Waals surface area contributed by atoms with Crippen LogP contribution >= 0.6 is 0 Å². The van der Waals surface area contributed by atoms with E-state index in [-0.39, 0.29) is 64.6 Å². The van der Waals surface area contributed by atoms with Crippen LogP contribution in [-0.4, -0.2) is 105 Å². The Balaban J connectivity index is 2.22. The smallest absolute Gasteiger partial charge is 0.303 e. The number of hydrogen-bond acceptors (Lipinski definition) is 10. The topological polar surface area (TPSA) is 242 Å². The third kappa shape index (κ3) is 11.3. The van der Waals surface area contributed by atoms with Gasteiger partial charge in [-0.05, 0) is 19.3 Å². The minimum Gasteiger partial charge on any atom is -0.481 e. The Hall–Kier alpha value is -5.02. The van der Waals surface area contributed by atoms with Crippen molar-refractivity contribution in [2.75, 3.05) is 19.6 Å². The van der Waals surface area contributed by atoms with Crippen LogP contribution in [0.25, 0.3) is 0 Å². The molecule has 4 N–H and O–H groups in total. The van der Waals surface area contributed by atoms with Crippen molar-refractivity contribution in [2.45, 2.75) is 63.8 Å². The highest BCUT2D eigenvalue weighted by Gasteiger charge is 2.36. The highest BCUT2D eigenvalue weighted by molar-refractivity contribution is 6.13. The first kappa shape index (κ1) is 35.2. The maximum atomic E-state index is 13.3. The quantitative estimate of drug-likeness (QED) is 0.0882. The molecular weight excluding hydrogens is 584 g/mol. The molecule has 2 aliphatic rings. The number of nitrogens with zero attached hydrogens (tertiary/aromatic N) is 2. The van der Waals surface area contributed by atoms with Gasteiger partial charge >= 0.3 is 11.9 Å². The Bertz CT molecular complexity index is 1140. The van der Waals surface area contributed by atoms with Crippen LogP contribution in [-0.2, 0) is 47.9 Å². The number of hydrogen-bond donors (Lipinski definition) is 4. The summed E-state index contributed by atoms with van der Waals surface area (Å²) in [4.78, 5) is 123. The predicted molar refractivity (Wildman–Crippen MR) is 147 cm³/mol. The standard InChI is InChI=1S/C28H34N4O12/c33-17(11-14-31-21(36)7-8-22(31)37)16-18(28(44)29-13-3-6-26(42)43)27(19(34)4-1-2-5-25(40)41)30-20(35)12-15-32-23(38)9-10-24(32)39/h7-10,18,27H,1-6,11-16H2,(H,29,44)(H,30,35)(H,40,41)(H,42,43)/t18-,27+/m1/s1. The lowest BCUT2D eigenvalue weighted by molar-refractivity contribution is -0.140. The number of aliphatic carboxylic acids is 2. The zero-order valence-corrected chi connectivity index (χ0v) is 23.8. The fourth-order valence-corrected chi connectivity index (χ4v) is 4.43. The van der Waals surface area contributed by atoms with Crippen LogP contribution in [0.15, 0.2) is 24.3 Å². The number of ketones is 2. The van der Waals surface area contributed by atoms with Crippen molar-refractivity contribution in [3.8, 4) is 0 Å². The molecule has 2 heterocycles. The molecule has 0 radical (unpaired) electrons. The number of unbranched alkanes of at least 4 members (excludes halogenated alkanes) is 1. The number of amides is 6. The van der Waals surface area contributed by atoms with E-state index < -0.39 is 83.7 Å². The van der Waals surface area contributed by atoms with Crippen molar-refractivity contribution in [2.24, 2.45) is 5.92 Å². The molecule has 16 heteroatoms. The van der Waals surface area contributed by atoms with Gasteiger partial charge in [0.15, 0.2) is 5.78 Å². The molecule has 2 rings (SSSR count). The lowest BCUT2D eigenvalue weighted by Crippen LogP contribution is -2.52. The van der Waals surface area contributed by atoms with Crippen molar-refractivity contribution in [3.63, 3.8) is 0 Å². The van der Waals surface area contributed by atoms with E-state index in [0.29, 0.717) is 0 Å². The average molecular weight is 619 g/mol. The number of rotatable bonds is 21. The number of carbonyl (C=O) groups is 10. The summed E-state index contributed by atoms with van der Waals surface area (Å²) in [5.74, 6) is -9.20. The van der Waals surface area contributed by atoms with E-state index in [1.807, 2.05) is 0 Å². The molecule has 2 atom stereocenters. The van der Waals surface area contributed by atoms with Gasteiger partial charge in [0.25, 0.3) is 23.6 Å². The predicted octanol–water partition coefficient (Wildman–Crippen LogP) is -1.13. The maximum Gasteiger partial charge on any atom is 0.303 e. The molecular formula is C28H34N4O12. The average Bonchev–Trinajstić information content (AvgIpc) is 3.46. The van der Waals surface area contributed by atoms with Crippen molar-refractivity contribution in [1.82, 2.24) is 20.4 Å². The highest BCUT2D eigenvalue weighted by Crippen LogP contribution is 2.18. The van der Waals surface area contributed by atoms with Crippen LogP contribution < -0.4 is 10.6 Å².